The Bertz CT molecular complexity index is 459. The molecule has 1 aromatic rings. The fourth-order valence-electron chi connectivity index (χ4n) is 2.68. The van der Waals surface area contributed by atoms with Crippen LogP contribution in [0.2, 0.25) is 5.02 Å². The molecule has 0 spiro atoms. The molecule has 0 radical (unpaired) electrons. The summed E-state index contributed by atoms with van der Waals surface area (Å²) in [4.78, 5) is 2.22. The van der Waals surface area contributed by atoms with E-state index in [2.05, 4.69) is 18.7 Å². The van der Waals surface area contributed by atoms with Crippen molar-refractivity contribution in [3.8, 4) is 5.75 Å². The Labute approximate surface area is 131 Å². The molecule has 0 bridgehead atoms. The van der Waals surface area contributed by atoms with Crippen LogP contribution < -0.4 is 4.74 Å². The molecule has 1 aromatic carbocycles. The number of halogens is 1. The third-order valence-electron chi connectivity index (χ3n) is 3.54. The van der Waals surface area contributed by atoms with Gasteiger partial charge < -0.3 is 14.6 Å². The summed E-state index contributed by atoms with van der Waals surface area (Å²) in [5.74, 6) is 0.736. The fourth-order valence-corrected chi connectivity index (χ4v) is 2.80. The molecule has 1 N–H and O–H groups in total. The summed E-state index contributed by atoms with van der Waals surface area (Å²) in [5.41, 5.74) is 0.972. The minimum Gasteiger partial charge on any atom is -0.491 e. The third-order valence-corrected chi connectivity index (χ3v) is 3.96. The highest BCUT2D eigenvalue weighted by atomic mass is 35.5. The number of rotatable bonds is 5. The van der Waals surface area contributed by atoms with E-state index >= 15 is 0 Å². The molecule has 118 valence electrons. The summed E-state index contributed by atoms with van der Waals surface area (Å²) in [6, 6.07) is 5.51. The van der Waals surface area contributed by atoms with Gasteiger partial charge in [-0.15, -0.1) is 0 Å². The lowest BCUT2D eigenvalue weighted by Gasteiger charge is -2.36. The molecule has 0 unspecified atom stereocenters. The van der Waals surface area contributed by atoms with Crippen molar-refractivity contribution < 1.29 is 14.6 Å². The molecule has 5 heteroatoms. The van der Waals surface area contributed by atoms with E-state index < -0.39 is 6.10 Å². The second kappa shape index (κ2) is 7.45. The maximum atomic E-state index is 10.1. The van der Waals surface area contributed by atoms with Gasteiger partial charge in [0.1, 0.15) is 18.5 Å². The Balaban J connectivity index is 1.79. The number of ether oxygens (including phenoxy) is 2. The Morgan fingerprint density at radius 2 is 2.05 bits per heavy atom. The van der Waals surface area contributed by atoms with Gasteiger partial charge >= 0.3 is 0 Å². The standard InChI is InChI=1S/C16H24ClNO3/c1-11-6-15(4-5-16(11)17)20-10-14(19)9-18-7-12(2)21-13(3)8-18/h4-6,12-14,19H,7-10H2,1-3H3/t12-,13+,14-/m1/s1. The summed E-state index contributed by atoms with van der Waals surface area (Å²) < 4.78 is 11.3. The van der Waals surface area contributed by atoms with E-state index in [-0.39, 0.29) is 18.8 Å². The predicted octanol–water partition coefficient (Wildman–Crippen LogP) is 2.50. The molecule has 0 aromatic heterocycles. The monoisotopic (exact) mass is 313 g/mol. The highest BCUT2D eigenvalue weighted by molar-refractivity contribution is 6.31. The summed E-state index contributed by atoms with van der Waals surface area (Å²) in [7, 11) is 0. The first-order valence-corrected chi connectivity index (χ1v) is 7.76. The molecule has 2 rings (SSSR count). The minimum absolute atomic E-state index is 0.209. The second-order valence-electron chi connectivity index (χ2n) is 5.85. The normalized spacial score (nSPS) is 24.8. The quantitative estimate of drug-likeness (QED) is 0.907. The third kappa shape index (κ3) is 5.15. The van der Waals surface area contributed by atoms with Crippen LogP contribution in [0.4, 0.5) is 0 Å². The molecule has 4 nitrogen and oxygen atoms in total. The second-order valence-corrected chi connectivity index (χ2v) is 6.26. The number of aliphatic hydroxyl groups is 1. The predicted molar refractivity (Wildman–Crippen MR) is 84.1 cm³/mol. The first kappa shape index (κ1) is 16.6. The Morgan fingerprint density at radius 3 is 2.67 bits per heavy atom. The van der Waals surface area contributed by atoms with Gasteiger partial charge in [0.2, 0.25) is 0 Å². The van der Waals surface area contributed by atoms with Crippen molar-refractivity contribution in [2.75, 3.05) is 26.2 Å². The van der Waals surface area contributed by atoms with Crippen LogP contribution in [0.25, 0.3) is 0 Å². The van der Waals surface area contributed by atoms with Crippen LogP contribution in [-0.4, -0.2) is 54.6 Å². The Kier molecular flexibility index (Phi) is 5.88. The molecular formula is C16H24ClNO3. The molecule has 1 saturated heterocycles. The van der Waals surface area contributed by atoms with E-state index in [1.165, 1.54) is 0 Å². The van der Waals surface area contributed by atoms with Crippen molar-refractivity contribution in [1.82, 2.24) is 4.90 Å². The summed E-state index contributed by atoms with van der Waals surface area (Å²) in [5, 5.41) is 10.8. The molecule has 1 fully saturated rings. The fraction of sp³-hybridized carbons (Fsp3) is 0.625. The number of morpholine rings is 1. The number of aliphatic hydroxyl groups excluding tert-OH is 1. The molecule has 0 saturated carbocycles. The largest absolute Gasteiger partial charge is 0.491 e. The van der Waals surface area contributed by atoms with Crippen LogP contribution in [0.1, 0.15) is 19.4 Å². The summed E-state index contributed by atoms with van der Waals surface area (Å²) in [6.45, 7) is 8.63. The Hall–Kier alpha value is -0.810. The van der Waals surface area contributed by atoms with E-state index in [9.17, 15) is 5.11 Å². The number of nitrogens with zero attached hydrogens (tertiary/aromatic N) is 1. The van der Waals surface area contributed by atoms with Gasteiger partial charge in [0.05, 0.1) is 12.2 Å². The van der Waals surface area contributed by atoms with Gasteiger partial charge in [-0.05, 0) is 44.5 Å². The zero-order valence-electron chi connectivity index (χ0n) is 12.9. The van der Waals surface area contributed by atoms with Crippen molar-refractivity contribution in [3.05, 3.63) is 28.8 Å². The summed E-state index contributed by atoms with van der Waals surface area (Å²) >= 11 is 5.98. The van der Waals surface area contributed by atoms with Crippen LogP contribution in [0.15, 0.2) is 18.2 Å². The molecule has 3 atom stereocenters. The van der Waals surface area contributed by atoms with E-state index in [1.54, 1.807) is 0 Å². The average Bonchev–Trinajstić information content (AvgIpc) is 2.39. The highest BCUT2D eigenvalue weighted by Crippen LogP contribution is 2.21. The zero-order chi connectivity index (χ0) is 15.4. The Morgan fingerprint density at radius 1 is 1.38 bits per heavy atom. The van der Waals surface area contributed by atoms with Gasteiger partial charge in [-0.1, -0.05) is 11.6 Å². The van der Waals surface area contributed by atoms with E-state index in [0.717, 1.165) is 29.4 Å². The lowest BCUT2D eigenvalue weighted by molar-refractivity contribution is -0.0786. The maximum absolute atomic E-state index is 10.1. The molecule has 0 amide bonds. The number of hydrogen-bond donors (Lipinski definition) is 1. The number of aryl methyl sites for hydroxylation is 1. The minimum atomic E-state index is -0.515. The first-order chi connectivity index (χ1) is 9.94. The zero-order valence-corrected chi connectivity index (χ0v) is 13.6. The molecule has 1 aliphatic rings. The van der Waals surface area contributed by atoms with Crippen molar-refractivity contribution >= 4 is 11.6 Å². The van der Waals surface area contributed by atoms with Crippen LogP contribution in [0, 0.1) is 6.92 Å². The first-order valence-electron chi connectivity index (χ1n) is 7.39. The number of hydrogen-bond acceptors (Lipinski definition) is 4. The highest BCUT2D eigenvalue weighted by Gasteiger charge is 2.23. The van der Waals surface area contributed by atoms with E-state index in [1.807, 2.05) is 25.1 Å². The van der Waals surface area contributed by atoms with Crippen LogP contribution in [-0.2, 0) is 4.74 Å². The van der Waals surface area contributed by atoms with Crippen LogP contribution >= 0.6 is 11.6 Å². The van der Waals surface area contributed by atoms with Gasteiger partial charge in [0, 0.05) is 24.7 Å². The van der Waals surface area contributed by atoms with Gasteiger partial charge in [0.25, 0.3) is 0 Å². The van der Waals surface area contributed by atoms with Gasteiger partial charge in [0.15, 0.2) is 0 Å². The van der Waals surface area contributed by atoms with Crippen LogP contribution in [0.3, 0.4) is 0 Å². The van der Waals surface area contributed by atoms with Crippen molar-refractivity contribution in [1.29, 1.82) is 0 Å². The molecule has 1 aliphatic heterocycles. The van der Waals surface area contributed by atoms with Gasteiger partial charge in [-0.2, -0.15) is 0 Å². The van der Waals surface area contributed by atoms with Crippen molar-refractivity contribution in [3.63, 3.8) is 0 Å². The van der Waals surface area contributed by atoms with Gasteiger partial charge in [-0.25, -0.2) is 0 Å². The van der Waals surface area contributed by atoms with E-state index in [4.69, 9.17) is 21.1 Å². The van der Waals surface area contributed by atoms with Crippen molar-refractivity contribution in [2.24, 2.45) is 0 Å². The lowest BCUT2D eigenvalue weighted by atomic mass is 10.2. The van der Waals surface area contributed by atoms with E-state index in [0.29, 0.717) is 6.54 Å². The number of benzene rings is 1. The van der Waals surface area contributed by atoms with Crippen molar-refractivity contribution in [2.45, 2.75) is 39.1 Å². The maximum Gasteiger partial charge on any atom is 0.119 e. The average molecular weight is 314 g/mol. The van der Waals surface area contributed by atoms with Crippen LogP contribution in [0.5, 0.6) is 5.75 Å². The molecule has 21 heavy (non-hydrogen) atoms. The molecule has 0 aliphatic carbocycles. The topological polar surface area (TPSA) is 41.9 Å². The smallest absolute Gasteiger partial charge is 0.119 e. The number of β-amino-alcohol motifs (C(OH)–C–C–N with tert-alkyl or cyclic N) is 1. The van der Waals surface area contributed by atoms with Gasteiger partial charge in [-0.3, -0.25) is 4.90 Å². The molecular weight excluding hydrogens is 290 g/mol. The lowest BCUT2D eigenvalue weighted by Crippen LogP contribution is -2.48. The molecule has 1 heterocycles. The SMILES string of the molecule is Cc1cc(OC[C@H](O)CN2C[C@@H](C)O[C@@H](C)C2)ccc1Cl. The summed E-state index contributed by atoms with van der Waals surface area (Å²) in [6.07, 6.45) is -0.0972.